The van der Waals surface area contributed by atoms with E-state index in [0.29, 0.717) is 0 Å². The van der Waals surface area contributed by atoms with Crippen LogP contribution in [0.5, 0.6) is 0 Å². The third-order valence-electron chi connectivity index (χ3n) is 8.99. The summed E-state index contributed by atoms with van der Waals surface area (Å²) in [5.41, 5.74) is 13.5. The van der Waals surface area contributed by atoms with Crippen molar-refractivity contribution in [2.24, 2.45) is 0 Å². The van der Waals surface area contributed by atoms with Crippen LogP contribution in [0.3, 0.4) is 0 Å². The van der Waals surface area contributed by atoms with E-state index >= 15 is 0 Å². The second-order valence-electron chi connectivity index (χ2n) is 11.5. The number of allylic oxidation sites excluding steroid dienone is 10. The summed E-state index contributed by atoms with van der Waals surface area (Å²) in [7, 11) is 0. The highest BCUT2D eigenvalue weighted by molar-refractivity contribution is 6.12. The van der Waals surface area contributed by atoms with E-state index in [4.69, 9.17) is 4.42 Å². The summed E-state index contributed by atoms with van der Waals surface area (Å²) in [6.07, 6.45) is 22.4. The SMILES string of the molecule is C=C/C=C\C(=C1\C=CC=CC1)c1ccc(-c2c3c(c(-c4ccc5c(c4)oc4ccccc45)c4ccccc24)CCC=C3)cc1. The maximum Gasteiger partial charge on any atom is 0.136 e. The number of benzene rings is 5. The Morgan fingerprint density at radius 1 is 0.682 bits per heavy atom. The molecule has 0 saturated carbocycles. The largest absolute Gasteiger partial charge is 0.456 e. The van der Waals surface area contributed by atoms with E-state index < -0.39 is 0 Å². The molecule has 0 spiro atoms. The molecule has 0 fully saturated rings. The van der Waals surface area contributed by atoms with E-state index in [9.17, 15) is 0 Å². The molecular weight excluding hydrogens is 532 g/mol. The van der Waals surface area contributed by atoms with E-state index in [-0.39, 0.29) is 0 Å². The number of fused-ring (bicyclic) bond motifs is 5. The molecule has 1 heterocycles. The molecule has 210 valence electrons. The standard InChI is InChI=1S/C43H32O/c1-2-3-15-33(29-13-5-4-6-14-29)30-22-24-31(25-23-30)42-36-17-7-9-19-38(36)43(39-20-10-8-18-37(39)42)32-26-27-35-34-16-11-12-21-40(34)44-41(35)28-32/h2-9,11-13,15-19,21-28H,1,10,14,20H2/b15-3-,33-29+. The van der Waals surface area contributed by atoms with Crippen LogP contribution >= 0.6 is 0 Å². The van der Waals surface area contributed by atoms with Gasteiger partial charge >= 0.3 is 0 Å². The van der Waals surface area contributed by atoms with Gasteiger partial charge in [-0.3, -0.25) is 0 Å². The Balaban J connectivity index is 1.31. The molecule has 0 N–H and O–H groups in total. The van der Waals surface area contributed by atoms with Crippen LogP contribution in [0.25, 0.3) is 66.6 Å². The maximum atomic E-state index is 6.33. The van der Waals surface area contributed by atoms with E-state index in [1.54, 1.807) is 0 Å². The summed E-state index contributed by atoms with van der Waals surface area (Å²) in [4.78, 5) is 0. The van der Waals surface area contributed by atoms with Crippen LogP contribution in [0.1, 0.15) is 29.5 Å². The normalized spacial score (nSPS) is 15.5. The number of hydrogen-bond acceptors (Lipinski definition) is 1. The minimum atomic E-state index is 0.930. The predicted octanol–water partition coefficient (Wildman–Crippen LogP) is 12.0. The van der Waals surface area contributed by atoms with Crippen molar-refractivity contribution in [3.63, 3.8) is 0 Å². The zero-order chi connectivity index (χ0) is 29.5. The molecule has 1 aromatic heterocycles. The minimum absolute atomic E-state index is 0.930. The summed E-state index contributed by atoms with van der Waals surface area (Å²) < 4.78 is 6.33. The lowest BCUT2D eigenvalue weighted by molar-refractivity contribution is 0.669. The van der Waals surface area contributed by atoms with Gasteiger partial charge in [-0.05, 0) is 98.3 Å². The molecule has 2 aliphatic rings. The van der Waals surface area contributed by atoms with Crippen molar-refractivity contribution in [1.82, 2.24) is 0 Å². The molecule has 0 saturated heterocycles. The number of rotatable bonds is 5. The second-order valence-corrected chi connectivity index (χ2v) is 11.5. The Kier molecular flexibility index (Phi) is 6.57. The number of hydrogen-bond donors (Lipinski definition) is 0. The van der Waals surface area contributed by atoms with Gasteiger partial charge < -0.3 is 4.42 Å². The van der Waals surface area contributed by atoms with Gasteiger partial charge in [0.05, 0.1) is 0 Å². The molecule has 0 radical (unpaired) electrons. The first-order valence-electron chi connectivity index (χ1n) is 15.4. The minimum Gasteiger partial charge on any atom is -0.456 e. The van der Waals surface area contributed by atoms with Crippen molar-refractivity contribution >= 4 is 44.4 Å². The molecule has 0 aliphatic heterocycles. The van der Waals surface area contributed by atoms with Gasteiger partial charge in [0, 0.05) is 10.8 Å². The molecule has 8 rings (SSSR count). The van der Waals surface area contributed by atoms with Gasteiger partial charge in [-0.1, -0.05) is 134 Å². The molecule has 0 atom stereocenters. The first-order chi connectivity index (χ1) is 21.8. The summed E-state index contributed by atoms with van der Waals surface area (Å²) in [5, 5.41) is 4.89. The highest BCUT2D eigenvalue weighted by Crippen LogP contribution is 2.45. The van der Waals surface area contributed by atoms with Crippen LogP contribution in [-0.4, -0.2) is 0 Å². The van der Waals surface area contributed by atoms with Crippen molar-refractivity contribution in [3.8, 4) is 22.3 Å². The van der Waals surface area contributed by atoms with E-state index in [0.717, 1.165) is 41.2 Å². The van der Waals surface area contributed by atoms with Crippen molar-refractivity contribution in [2.45, 2.75) is 19.3 Å². The molecule has 5 aromatic carbocycles. The van der Waals surface area contributed by atoms with Crippen molar-refractivity contribution in [3.05, 3.63) is 168 Å². The van der Waals surface area contributed by atoms with Gasteiger partial charge in [-0.25, -0.2) is 0 Å². The number of furan rings is 1. The fraction of sp³-hybridized carbons (Fsp3) is 0.0698. The molecule has 0 unspecified atom stereocenters. The van der Waals surface area contributed by atoms with E-state index in [1.165, 1.54) is 60.9 Å². The Morgan fingerprint density at radius 3 is 2.23 bits per heavy atom. The average molecular weight is 565 g/mol. The summed E-state index contributed by atoms with van der Waals surface area (Å²) >= 11 is 0. The highest BCUT2D eigenvalue weighted by Gasteiger charge is 2.22. The second kappa shape index (κ2) is 11.0. The van der Waals surface area contributed by atoms with Crippen LogP contribution in [0.4, 0.5) is 0 Å². The molecule has 2 aliphatic carbocycles. The zero-order valence-corrected chi connectivity index (χ0v) is 24.6. The van der Waals surface area contributed by atoms with Crippen LogP contribution in [0, 0.1) is 0 Å². The van der Waals surface area contributed by atoms with Crippen molar-refractivity contribution < 1.29 is 4.42 Å². The van der Waals surface area contributed by atoms with Gasteiger partial charge in [0.25, 0.3) is 0 Å². The molecule has 1 heteroatoms. The van der Waals surface area contributed by atoms with E-state index in [1.807, 2.05) is 18.2 Å². The van der Waals surface area contributed by atoms with Gasteiger partial charge in [0.15, 0.2) is 0 Å². The summed E-state index contributed by atoms with van der Waals surface area (Å²) in [5.74, 6) is 0. The molecule has 1 nitrogen and oxygen atoms in total. The van der Waals surface area contributed by atoms with Crippen LogP contribution in [0.2, 0.25) is 0 Å². The third-order valence-corrected chi connectivity index (χ3v) is 8.99. The lowest BCUT2D eigenvalue weighted by Crippen LogP contribution is -2.02. The predicted molar refractivity (Wildman–Crippen MR) is 189 cm³/mol. The van der Waals surface area contributed by atoms with Crippen molar-refractivity contribution in [1.29, 1.82) is 0 Å². The molecule has 44 heavy (non-hydrogen) atoms. The van der Waals surface area contributed by atoms with Crippen LogP contribution in [-0.2, 0) is 6.42 Å². The molecule has 0 amide bonds. The summed E-state index contributed by atoms with van der Waals surface area (Å²) in [6, 6.07) is 33.1. The van der Waals surface area contributed by atoms with Gasteiger partial charge in [-0.2, -0.15) is 0 Å². The molecule has 0 bridgehead atoms. The first kappa shape index (κ1) is 26.2. The molecular formula is C43H32O. The Hall–Kier alpha value is -5.40. The highest BCUT2D eigenvalue weighted by atomic mass is 16.3. The van der Waals surface area contributed by atoms with E-state index in [2.05, 4.69) is 134 Å². The average Bonchev–Trinajstić information content (AvgIpc) is 3.46. The fourth-order valence-corrected chi connectivity index (χ4v) is 6.99. The van der Waals surface area contributed by atoms with Gasteiger partial charge in [-0.15, -0.1) is 0 Å². The van der Waals surface area contributed by atoms with Gasteiger partial charge in [0.2, 0.25) is 0 Å². The maximum absolute atomic E-state index is 6.33. The van der Waals surface area contributed by atoms with Gasteiger partial charge in [0.1, 0.15) is 11.2 Å². The van der Waals surface area contributed by atoms with Crippen molar-refractivity contribution in [2.75, 3.05) is 0 Å². The Bertz CT molecular complexity index is 2240. The van der Waals surface area contributed by atoms with Crippen LogP contribution in [0.15, 0.2) is 156 Å². The zero-order valence-electron chi connectivity index (χ0n) is 24.6. The number of para-hydroxylation sites is 1. The topological polar surface area (TPSA) is 13.1 Å². The Morgan fingerprint density at radius 2 is 1.43 bits per heavy atom. The monoisotopic (exact) mass is 564 g/mol. The lowest BCUT2D eigenvalue weighted by atomic mass is 9.80. The lowest BCUT2D eigenvalue weighted by Gasteiger charge is -2.24. The first-order valence-corrected chi connectivity index (χ1v) is 15.4. The molecule has 6 aromatic rings. The quantitative estimate of drug-likeness (QED) is 0.190. The smallest absolute Gasteiger partial charge is 0.136 e. The van der Waals surface area contributed by atoms with Crippen LogP contribution < -0.4 is 0 Å². The third kappa shape index (κ3) is 4.41. The summed E-state index contributed by atoms with van der Waals surface area (Å²) in [6.45, 7) is 3.90. The fourth-order valence-electron chi connectivity index (χ4n) is 6.99. The Labute approximate surface area is 258 Å².